The van der Waals surface area contributed by atoms with E-state index in [-0.39, 0.29) is 16.5 Å². The molecular weight excluding hydrogens is 552 g/mol. The van der Waals surface area contributed by atoms with Crippen molar-refractivity contribution in [1.82, 2.24) is 4.90 Å². The van der Waals surface area contributed by atoms with Gasteiger partial charge in [0.2, 0.25) is 0 Å². The van der Waals surface area contributed by atoms with Crippen LogP contribution in [0.4, 0.5) is 9.18 Å². The summed E-state index contributed by atoms with van der Waals surface area (Å²) in [5.41, 5.74) is 2.06. The van der Waals surface area contributed by atoms with Crippen molar-refractivity contribution in [3.63, 3.8) is 0 Å². The van der Waals surface area contributed by atoms with Crippen LogP contribution in [0.15, 0.2) is 70.0 Å². The molecule has 1 aliphatic heterocycles. The molecule has 3 aromatic rings. The second kappa shape index (κ2) is 10.3. The summed E-state index contributed by atoms with van der Waals surface area (Å²) in [5, 5.41) is 0.369. The predicted molar refractivity (Wildman–Crippen MR) is 133 cm³/mol. The molecule has 1 heterocycles. The van der Waals surface area contributed by atoms with E-state index in [9.17, 15) is 14.0 Å². The molecule has 33 heavy (non-hydrogen) atoms. The van der Waals surface area contributed by atoms with Gasteiger partial charge in [-0.1, -0.05) is 57.3 Å². The van der Waals surface area contributed by atoms with Crippen LogP contribution in [0.25, 0.3) is 6.08 Å². The molecule has 0 aliphatic carbocycles. The van der Waals surface area contributed by atoms with Crippen LogP contribution in [0.1, 0.15) is 16.7 Å². The molecule has 4 nitrogen and oxygen atoms in total. The van der Waals surface area contributed by atoms with Gasteiger partial charge in [-0.15, -0.1) is 0 Å². The van der Waals surface area contributed by atoms with Crippen LogP contribution in [0.2, 0.25) is 10.0 Å². The summed E-state index contributed by atoms with van der Waals surface area (Å²) in [7, 11) is 0. The Hall–Kier alpha value is -2.32. The smallest absolute Gasteiger partial charge is 0.293 e. The summed E-state index contributed by atoms with van der Waals surface area (Å²) in [4.78, 5) is 26.8. The summed E-state index contributed by atoms with van der Waals surface area (Å²) >= 11 is 16.3. The second-order valence-electron chi connectivity index (χ2n) is 7.10. The standard InChI is InChI=1S/C24H15BrCl2FNO3S/c25-17-4-8-21(32-13-14-1-5-18(26)6-2-14)16(9-17)10-22-23(30)29(24(31)33-22)12-15-3-7-19(28)11-20(15)27/h1-11H,12-13H2/b22-10+. The number of nitrogens with zero attached hydrogens (tertiary/aromatic N) is 1. The topological polar surface area (TPSA) is 46.6 Å². The predicted octanol–water partition coefficient (Wildman–Crippen LogP) is 7.71. The van der Waals surface area contributed by atoms with E-state index in [4.69, 9.17) is 27.9 Å². The first-order valence-electron chi connectivity index (χ1n) is 9.66. The molecule has 0 saturated carbocycles. The number of hydrogen-bond acceptors (Lipinski definition) is 4. The molecule has 0 N–H and O–H groups in total. The minimum Gasteiger partial charge on any atom is -0.488 e. The van der Waals surface area contributed by atoms with Crippen molar-refractivity contribution in [2.75, 3.05) is 0 Å². The van der Waals surface area contributed by atoms with E-state index in [0.29, 0.717) is 28.5 Å². The maximum Gasteiger partial charge on any atom is 0.293 e. The van der Waals surface area contributed by atoms with Gasteiger partial charge < -0.3 is 4.74 Å². The Kier molecular flexibility index (Phi) is 7.44. The van der Waals surface area contributed by atoms with Gasteiger partial charge in [0.05, 0.1) is 11.4 Å². The first kappa shape index (κ1) is 23.8. The van der Waals surface area contributed by atoms with Crippen molar-refractivity contribution in [1.29, 1.82) is 0 Å². The van der Waals surface area contributed by atoms with Gasteiger partial charge >= 0.3 is 0 Å². The Bertz CT molecular complexity index is 1270. The van der Waals surface area contributed by atoms with E-state index in [2.05, 4.69) is 15.9 Å². The van der Waals surface area contributed by atoms with E-state index in [1.165, 1.54) is 12.1 Å². The van der Waals surface area contributed by atoms with Crippen LogP contribution in [0.5, 0.6) is 5.75 Å². The summed E-state index contributed by atoms with van der Waals surface area (Å²) in [6.45, 7) is 0.268. The Morgan fingerprint density at radius 1 is 1.03 bits per heavy atom. The second-order valence-corrected chi connectivity index (χ2v) is 9.85. The number of carbonyl (C=O) groups is 2. The van der Waals surface area contributed by atoms with Crippen LogP contribution < -0.4 is 4.74 Å². The molecular formula is C24H15BrCl2FNO3S. The molecule has 4 rings (SSSR count). The SMILES string of the molecule is O=C1S/C(=C/c2cc(Br)ccc2OCc2ccc(Cl)cc2)C(=O)N1Cc1ccc(F)cc1Cl. The quantitative estimate of drug-likeness (QED) is 0.287. The van der Waals surface area contributed by atoms with Crippen molar-refractivity contribution >= 4 is 68.1 Å². The number of carbonyl (C=O) groups excluding carboxylic acids is 2. The number of amides is 2. The molecule has 1 saturated heterocycles. The van der Waals surface area contributed by atoms with Crippen molar-refractivity contribution in [3.05, 3.63) is 103 Å². The number of thioether (sulfide) groups is 1. The lowest BCUT2D eigenvalue weighted by Crippen LogP contribution is -2.27. The number of rotatable bonds is 6. The van der Waals surface area contributed by atoms with Crippen molar-refractivity contribution in [2.24, 2.45) is 0 Å². The van der Waals surface area contributed by atoms with Crippen molar-refractivity contribution < 1.29 is 18.7 Å². The van der Waals surface area contributed by atoms with Crippen molar-refractivity contribution in [2.45, 2.75) is 13.2 Å². The molecule has 0 unspecified atom stereocenters. The Morgan fingerprint density at radius 2 is 1.79 bits per heavy atom. The molecule has 0 atom stereocenters. The molecule has 1 fully saturated rings. The molecule has 168 valence electrons. The molecule has 3 aromatic carbocycles. The monoisotopic (exact) mass is 565 g/mol. The third-order valence-electron chi connectivity index (χ3n) is 4.78. The largest absolute Gasteiger partial charge is 0.488 e. The van der Waals surface area contributed by atoms with Gasteiger partial charge in [0.1, 0.15) is 18.2 Å². The lowest BCUT2D eigenvalue weighted by Gasteiger charge is -2.13. The minimum absolute atomic E-state index is 0.0421. The summed E-state index contributed by atoms with van der Waals surface area (Å²) in [6.07, 6.45) is 1.62. The van der Waals surface area contributed by atoms with Gasteiger partial charge in [0.25, 0.3) is 11.1 Å². The molecule has 0 radical (unpaired) electrons. The lowest BCUT2D eigenvalue weighted by molar-refractivity contribution is -0.123. The van der Waals surface area contributed by atoms with Gasteiger partial charge in [-0.05, 0) is 71.4 Å². The average Bonchev–Trinajstić information content (AvgIpc) is 3.03. The molecule has 0 spiro atoms. The minimum atomic E-state index is -0.487. The number of hydrogen-bond donors (Lipinski definition) is 0. The fourth-order valence-corrected chi connectivity index (χ4v) is 4.66. The van der Waals surface area contributed by atoms with E-state index < -0.39 is 17.0 Å². The lowest BCUT2D eigenvalue weighted by atomic mass is 10.1. The highest BCUT2D eigenvalue weighted by Gasteiger charge is 2.35. The zero-order valence-electron chi connectivity index (χ0n) is 16.9. The summed E-state index contributed by atoms with van der Waals surface area (Å²) < 4.78 is 20.1. The van der Waals surface area contributed by atoms with Crippen LogP contribution in [-0.4, -0.2) is 16.0 Å². The number of halogens is 4. The number of imide groups is 1. The third-order valence-corrected chi connectivity index (χ3v) is 6.79. The Morgan fingerprint density at radius 3 is 2.52 bits per heavy atom. The maximum atomic E-state index is 13.3. The van der Waals surface area contributed by atoms with E-state index in [1.807, 2.05) is 24.3 Å². The van der Waals surface area contributed by atoms with Gasteiger partial charge in [-0.25, -0.2) is 4.39 Å². The van der Waals surface area contributed by atoms with Crippen molar-refractivity contribution in [3.8, 4) is 5.75 Å². The van der Waals surface area contributed by atoms with Gasteiger partial charge in [-0.2, -0.15) is 0 Å². The maximum absolute atomic E-state index is 13.3. The molecule has 0 bridgehead atoms. The highest BCUT2D eigenvalue weighted by atomic mass is 79.9. The number of ether oxygens (including phenoxy) is 1. The summed E-state index contributed by atoms with van der Waals surface area (Å²) in [6, 6.07) is 16.6. The van der Waals surface area contributed by atoms with Crippen LogP contribution in [0, 0.1) is 5.82 Å². The van der Waals surface area contributed by atoms with Crippen LogP contribution >= 0.6 is 50.9 Å². The zero-order chi connectivity index (χ0) is 23.5. The zero-order valence-corrected chi connectivity index (χ0v) is 20.8. The third kappa shape index (κ3) is 5.79. The normalized spacial score (nSPS) is 14.9. The van der Waals surface area contributed by atoms with Crippen LogP contribution in [0.3, 0.4) is 0 Å². The van der Waals surface area contributed by atoms with Gasteiger partial charge in [0.15, 0.2) is 0 Å². The van der Waals surface area contributed by atoms with Gasteiger partial charge in [0, 0.05) is 20.1 Å². The molecule has 9 heteroatoms. The molecule has 0 aromatic heterocycles. The fourth-order valence-electron chi connectivity index (χ4n) is 3.10. The fraction of sp³-hybridized carbons (Fsp3) is 0.0833. The molecule has 2 amide bonds. The van der Waals surface area contributed by atoms with E-state index >= 15 is 0 Å². The highest BCUT2D eigenvalue weighted by molar-refractivity contribution is 9.10. The average molecular weight is 567 g/mol. The first-order chi connectivity index (χ1) is 15.8. The number of benzene rings is 3. The molecule has 1 aliphatic rings. The van der Waals surface area contributed by atoms with E-state index in [1.54, 1.807) is 24.3 Å². The van der Waals surface area contributed by atoms with Gasteiger partial charge in [-0.3, -0.25) is 14.5 Å². The van der Waals surface area contributed by atoms with E-state index in [0.717, 1.165) is 32.8 Å². The Balaban J connectivity index is 1.55. The van der Waals surface area contributed by atoms with Crippen LogP contribution in [-0.2, 0) is 17.9 Å². The Labute approximate surface area is 212 Å². The highest BCUT2D eigenvalue weighted by Crippen LogP contribution is 2.36. The first-order valence-corrected chi connectivity index (χ1v) is 12.0. The summed E-state index contributed by atoms with van der Waals surface area (Å²) in [5.74, 6) is -0.380.